The molecule has 5 aliphatic heterocycles. The van der Waals surface area contributed by atoms with E-state index in [4.69, 9.17) is 47.4 Å². The largest absolute Gasteiger partial charge is 0.477 e. The van der Waals surface area contributed by atoms with Crippen LogP contribution in [0.2, 0.25) is 0 Å². The predicted molar refractivity (Wildman–Crippen MR) is 378 cm³/mol. The van der Waals surface area contributed by atoms with Crippen molar-refractivity contribution < 1.29 is 153 Å². The number of ether oxygens (including phenoxy) is 10. The van der Waals surface area contributed by atoms with E-state index in [1.165, 1.54) is 89.5 Å². The number of carboxylic acids is 1. The number of allylic oxidation sites excluding steroid dienone is 3. The van der Waals surface area contributed by atoms with Gasteiger partial charge in [0.25, 0.3) is 5.79 Å². The Morgan fingerprint density at radius 1 is 0.486 bits per heavy atom. The third kappa shape index (κ3) is 29.0. The number of aliphatic carboxylic acids is 1. The molecule has 0 bridgehead atoms. The summed E-state index contributed by atoms with van der Waals surface area (Å²) < 4.78 is 60.1. The maximum Gasteiger partial charge on any atom is 0.364 e. The molecule has 5 aliphatic rings. The van der Waals surface area contributed by atoms with Crippen molar-refractivity contribution in [1.82, 2.24) is 16.0 Å². The molecule has 5 rings (SSSR count). The van der Waals surface area contributed by atoms with Gasteiger partial charge in [-0.05, 0) is 44.9 Å². The van der Waals surface area contributed by atoms with Gasteiger partial charge in [0.05, 0.1) is 63.9 Å². The molecule has 0 saturated carbocycles. The molecule has 3 amide bonds. The number of carboxylic acid groups (broad SMARTS) is 1. The van der Waals surface area contributed by atoms with Crippen LogP contribution < -0.4 is 16.0 Å². The van der Waals surface area contributed by atoms with E-state index in [-0.39, 0.29) is 6.42 Å². The number of amides is 3. The van der Waals surface area contributed by atoms with Crippen LogP contribution >= 0.6 is 0 Å². The molecule has 34 heteroatoms. The van der Waals surface area contributed by atoms with Gasteiger partial charge in [0.1, 0.15) is 116 Å². The molecule has 28 atom stereocenters. The van der Waals surface area contributed by atoms with Crippen LogP contribution in [-0.4, -0.2) is 321 Å². The molecule has 0 aromatic carbocycles. The molecular weight excluding hydrogens is 1410 g/mol. The SMILES string of the molecule is CCCCCC/C=C\CCCCCCCC(=O)N[C@@H](CO[C@@H]1O[C@H](CO)[C@@H](O[C@@H]2O[C@H](CO)[C@H](O[C@@H]3O[C@H](CO)[C@H](O)[C@H](O[C@@H]4O[C@H](CO)[C@H](O)[C@H](O)[C@H]4O)[C@H]3NC(C)=O)[C@H](O[C@]3(C(=O)O)C[C@H](O)[C@@H](NC(C)=O)[C@@H]([C@@H](O)[C@H](O)CO)O3)[C@H]2O)[C@H](O)[C@H]1O)[C@H](O)/C=C/CCCCCCCCCCCCCCC. The molecular formula is C73H129N3O31. The zero-order chi connectivity index (χ0) is 78.8. The minimum atomic E-state index is -3.38. The zero-order valence-corrected chi connectivity index (χ0v) is 62.6. The number of carbonyl (C=O) groups is 4. The van der Waals surface area contributed by atoms with Crippen LogP contribution in [0.15, 0.2) is 24.3 Å². The summed E-state index contributed by atoms with van der Waals surface area (Å²) in [5.74, 6) is -7.72. The fraction of sp³-hybridized carbons (Fsp3) is 0.890. The molecule has 0 aliphatic carbocycles. The van der Waals surface area contributed by atoms with E-state index in [2.05, 4.69) is 41.9 Å². The lowest BCUT2D eigenvalue weighted by Gasteiger charge is -2.52. The minimum Gasteiger partial charge on any atom is -0.477 e. The van der Waals surface area contributed by atoms with Crippen LogP contribution in [-0.2, 0) is 66.5 Å². The van der Waals surface area contributed by atoms with E-state index in [0.29, 0.717) is 12.8 Å². The van der Waals surface area contributed by atoms with Gasteiger partial charge in [-0.15, -0.1) is 0 Å². The van der Waals surface area contributed by atoms with E-state index in [1.807, 2.05) is 6.08 Å². The first-order valence-electron chi connectivity index (χ1n) is 38.7. The van der Waals surface area contributed by atoms with E-state index in [0.717, 1.165) is 78.1 Å². The van der Waals surface area contributed by atoms with Crippen molar-refractivity contribution in [3.63, 3.8) is 0 Å². The van der Waals surface area contributed by atoms with Crippen LogP contribution in [0.1, 0.15) is 201 Å². The third-order valence-electron chi connectivity index (χ3n) is 20.2. The molecule has 0 radical (unpaired) electrons. The Balaban J connectivity index is 1.40. The number of hydrogen-bond acceptors (Lipinski definition) is 30. The maximum atomic E-state index is 13.8. The highest BCUT2D eigenvalue weighted by atomic mass is 16.8. The van der Waals surface area contributed by atoms with E-state index in [9.17, 15) is 106 Å². The first kappa shape index (κ1) is 93.9. The zero-order valence-electron chi connectivity index (χ0n) is 62.6. The molecule has 34 nitrogen and oxygen atoms in total. The van der Waals surface area contributed by atoms with E-state index < -0.39 is 241 Å². The molecule has 622 valence electrons. The van der Waals surface area contributed by atoms with Crippen molar-refractivity contribution in [2.24, 2.45) is 0 Å². The highest BCUT2D eigenvalue weighted by Crippen LogP contribution is 2.41. The average molecular weight is 1540 g/mol. The Labute approximate surface area is 627 Å². The van der Waals surface area contributed by atoms with Gasteiger partial charge in [-0.1, -0.05) is 154 Å². The summed E-state index contributed by atoms with van der Waals surface area (Å²) in [6.45, 7) is 0.282. The van der Waals surface area contributed by atoms with Gasteiger partial charge >= 0.3 is 5.97 Å². The maximum absolute atomic E-state index is 13.8. The van der Waals surface area contributed by atoms with E-state index in [1.54, 1.807) is 0 Å². The van der Waals surface area contributed by atoms with Crippen molar-refractivity contribution in [3.8, 4) is 0 Å². The quantitative estimate of drug-likeness (QED) is 0.0249. The van der Waals surface area contributed by atoms with Crippen LogP contribution in [0.4, 0.5) is 0 Å². The Hall–Kier alpha value is -3.68. The minimum absolute atomic E-state index is 0.120. The topological polar surface area (TPSA) is 541 Å². The Bertz CT molecular complexity index is 2550. The number of carbonyl (C=O) groups excluding carboxylic acids is 3. The monoisotopic (exact) mass is 1540 g/mol. The summed E-state index contributed by atoms with van der Waals surface area (Å²) in [7, 11) is 0. The van der Waals surface area contributed by atoms with Crippen molar-refractivity contribution in [2.75, 3.05) is 39.6 Å². The lowest BCUT2D eigenvalue weighted by Crippen LogP contribution is -2.72. The normalized spacial score (nSPS) is 34.7. The standard InChI is InChI=1S/C73H129N3O31/c1-5-7-9-11-13-15-17-19-20-22-23-25-27-29-31-33-45(84)44(76-52(87)34-32-30-28-26-24-21-18-16-14-12-10-8-6-2)41-98-69-61(94)59(92)63(50(39-80)101-69)103-71-62(95)67(107-73(72(96)97)35-46(85)53(74-42(3)82)66(106-73)55(88)47(86)36-77)64(51(40-81)102-71)104-68-54(75-43(4)83)65(57(90)49(38-79)99-68)105-70-60(93)58(91)56(89)48(37-78)100-70/h16,18,31,33,44-51,53-71,77-81,84-86,88-95H,5-15,17,19-30,32,34-41H2,1-4H3,(H,74,82)(H,75,83)(H,76,87)(H,96,97)/b18-16-,33-31+/t44-,45+,46-,47+,48+,49+,50+,51+,53+,54+,55-,56-,57-,58-,59+,60+,61+,62+,63+,64-,65+,66-,67+,68-,69+,70-,71-,73-/m0/s1. The predicted octanol–water partition coefficient (Wildman–Crippen LogP) is -1.27. The summed E-state index contributed by atoms with van der Waals surface area (Å²) in [5.41, 5.74) is 0. The second kappa shape index (κ2) is 49.7. The molecule has 0 aromatic heterocycles. The summed E-state index contributed by atoms with van der Waals surface area (Å²) in [5, 5.41) is 197. The second-order valence-corrected chi connectivity index (χ2v) is 28.9. The van der Waals surface area contributed by atoms with Gasteiger partial charge in [0.2, 0.25) is 17.7 Å². The highest BCUT2D eigenvalue weighted by molar-refractivity contribution is 5.77. The summed E-state index contributed by atoms with van der Waals surface area (Å²) in [4.78, 5) is 53.0. The average Bonchev–Trinajstić information content (AvgIpc) is 0.750. The van der Waals surface area contributed by atoms with Crippen molar-refractivity contribution in [3.05, 3.63) is 24.3 Å². The molecule has 5 heterocycles. The van der Waals surface area contributed by atoms with Gasteiger partial charge in [0, 0.05) is 26.7 Å². The van der Waals surface area contributed by atoms with Crippen LogP contribution in [0.25, 0.3) is 0 Å². The lowest BCUT2D eigenvalue weighted by molar-refractivity contribution is -0.403. The molecule has 0 unspecified atom stereocenters. The molecule has 20 N–H and O–H groups in total. The first-order chi connectivity index (χ1) is 51.3. The third-order valence-corrected chi connectivity index (χ3v) is 20.2. The number of unbranched alkanes of at least 4 members (excludes halogenated alkanes) is 22. The highest BCUT2D eigenvalue weighted by Gasteiger charge is 2.62. The molecule has 0 spiro atoms. The lowest BCUT2D eigenvalue weighted by atomic mass is 9.88. The van der Waals surface area contributed by atoms with Gasteiger partial charge in [-0.2, -0.15) is 0 Å². The molecule has 0 aromatic rings. The Morgan fingerprint density at radius 3 is 1.48 bits per heavy atom. The van der Waals surface area contributed by atoms with Crippen molar-refractivity contribution in [1.29, 1.82) is 0 Å². The summed E-state index contributed by atoms with van der Waals surface area (Å²) in [6.07, 6.45) is -15.6. The second-order valence-electron chi connectivity index (χ2n) is 28.9. The summed E-state index contributed by atoms with van der Waals surface area (Å²) >= 11 is 0. The first-order valence-corrected chi connectivity index (χ1v) is 38.7. The van der Waals surface area contributed by atoms with Crippen LogP contribution in [0.5, 0.6) is 0 Å². The van der Waals surface area contributed by atoms with Crippen LogP contribution in [0.3, 0.4) is 0 Å². The number of aliphatic hydroxyl groups is 16. The number of rotatable bonds is 51. The fourth-order valence-electron chi connectivity index (χ4n) is 14.0. The number of nitrogens with one attached hydrogen (secondary N) is 3. The van der Waals surface area contributed by atoms with E-state index >= 15 is 0 Å². The van der Waals surface area contributed by atoms with Gasteiger partial charge < -0.3 is 150 Å². The summed E-state index contributed by atoms with van der Waals surface area (Å²) in [6, 6.07) is -4.82. The van der Waals surface area contributed by atoms with Gasteiger partial charge in [0.15, 0.2) is 25.2 Å². The van der Waals surface area contributed by atoms with Crippen molar-refractivity contribution in [2.45, 2.75) is 372 Å². The van der Waals surface area contributed by atoms with Gasteiger partial charge in [-0.25, -0.2) is 4.79 Å². The smallest absolute Gasteiger partial charge is 0.364 e. The van der Waals surface area contributed by atoms with Crippen molar-refractivity contribution >= 4 is 23.7 Å². The molecule has 5 saturated heterocycles. The molecule has 5 fully saturated rings. The Morgan fingerprint density at radius 2 is 0.935 bits per heavy atom. The van der Waals surface area contributed by atoms with Crippen LogP contribution in [0, 0.1) is 0 Å². The Kier molecular flexibility index (Phi) is 43.7. The fourth-order valence-corrected chi connectivity index (χ4v) is 14.0. The number of aliphatic hydroxyl groups excluding tert-OH is 16. The number of hydrogen-bond donors (Lipinski definition) is 20. The van der Waals surface area contributed by atoms with Gasteiger partial charge in [-0.3, -0.25) is 14.4 Å². The molecule has 107 heavy (non-hydrogen) atoms.